The van der Waals surface area contributed by atoms with Gasteiger partial charge in [-0.3, -0.25) is 13.9 Å². The van der Waals surface area contributed by atoms with Crippen molar-refractivity contribution < 1.29 is 18.0 Å². The summed E-state index contributed by atoms with van der Waals surface area (Å²) in [7, 11) is -3.88. The average molecular weight is 426 g/mol. The molecular weight excluding hydrogens is 404 g/mol. The van der Waals surface area contributed by atoms with E-state index in [0.29, 0.717) is 17.8 Å². The number of rotatable bonds is 6. The fraction of sp³-hybridized carbons (Fsp3) is 0.190. The molecule has 0 saturated heterocycles. The number of carbonyl (C=O) groups excluding carboxylic acids is 2. The lowest BCUT2D eigenvalue weighted by Crippen LogP contribution is -2.34. The van der Waals surface area contributed by atoms with Gasteiger partial charge in [0, 0.05) is 31.0 Å². The Morgan fingerprint density at radius 3 is 2.33 bits per heavy atom. The van der Waals surface area contributed by atoms with E-state index in [-0.39, 0.29) is 23.7 Å². The predicted octanol–water partition coefficient (Wildman–Crippen LogP) is 2.73. The molecule has 156 valence electrons. The van der Waals surface area contributed by atoms with E-state index in [0.717, 1.165) is 9.87 Å². The van der Waals surface area contributed by atoms with Crippen molar-refractivity contribution in [2.24, 2.45) is 4.40 Å². The van der Waals surface area contributed by atoms with E-state index in [4.69, 9.17) is 0 Å². The topological polar surface area (TPSA) is 108 Å². The molecule has 2 aromatic carbocycles. The molecule has 1 heterocycles. The standard InChI is InChI=1S/C21H22N4O4S/c1-15-20(21(27)23-19-10-6-9-18(13-19)22-16(2)26)14-25(30(28,29)24-15)12-11-17-7-4-3-5-8-17/h3-10,13-14H,11-12H2,1-2H3,(H,22,26)(H,23,27). The fourth-order valence-corrected chi connectivity index (χ4v) is 4.05. The van der Waals surface area contributed by atoms with Crippen molar-refractivity contribution >= 4 is 39.1 Å². The van der Waals surface area contributed by atoms with Crippen LogP contribution in [0.1, 0.15) is 19.4 Å². The second kappa shape index (κ2) is 8.91. The monoisotopic (exact) mass is 426 g/mol. The van der Waals surface area contributed by atoms with Gasteiger partial charge in [-0.05, 0) is 37.1 Å². The molecule has 9 heteroatoms. The molecule has 1 aliphatic heterocycles. The zero-order chi connectivity index (χ0) is 21.7. The van der Waals surface area contributed by atoms with Crippen LogP contribution in [0.3, 0.4) is 0 Å². The maximum absolute atomic E-state index is 12.8. The van der Waals surface area contributed by atoms with E-state index in [1.165, 1.54) is 20.0 Å². The van der Waals surface area contributed by atoms with Gasteiger partial charge < -0.3 is 10.6 Å². The highest BCUT2D eigenvalue weighted by Gasteiger charge is 2.28. The van der Waals surface area contributed by atoms with Crippen LogP contribution in [0.15, 0.2) is 70.8 Å². The number of amides is 2. The molecule has 2 aromatic rings. The minimum Gasteiger partial charge on any atom is -0.326 e. The number of nitrogens with one attached hydrogen (secondary N) is 2. The average Bonchev–Trinajstić information content (AvgIpc) is 2.67. The minimum atomic E-state index is -3.88. The quantitative estimate of drug-likeness (QED) is 0.740. The molecule has 0 spiro atoms. The van der Waals surface area contributed by atoms with Crippen molar-refractivity contribution in [2.45, 2.75) is 20.3 Å². The summed E-state index contributed by atoms with van der Waals surface area (Å²) in [4.78, 5) is 24.0. The number of anilines is 2. The van der Waals surface area contributed by atoms with Crippen LogP contribution in [0.5, 0.6) is 0 Å². The Bertz CT molecular complexity index is 1120. The SMILES string of the molecule is CC(=O)Nc1cccc(NC(=O)C2=CN(CCc3ccccc3)S(=O)(=O)N=C2C)c1. The van der Waals surface area contributed by atoms with Gasteiger partial charge in [0.05, 0.1) is 11.3 Å². The van der Waals surface area contributed by atoms with Crippen molar-refractivity contribution in [3.8, 4) is 0 Å². The lowest BCUT2D eigenvalue weighted by molar-refractivity contribution is -0.114. The van der Waals surface area contributed by atoms with Gasteiger partial charge in [-0.15, -0.1) is 4.40 Å². The first-order chi connectivity index (χ1) is 14.2. The van der Waals surface area contributed by atoms with Crippen LogP contribution in [-0.2, 0) is 26.2 Å². The van der Waals surface area contributed by atoms with Crippen molar-refractivity contribution in [1.82, 2.24) is 4.31 Å². The zero-order valence-electron chi connectivity index (χ0n) is 16.6. The molecule has 0 unspecified atom stereocenters. The molecule has 1 aliphatic rings. The van der Waals surface area contributed by atoms with Crippen molar-refractivity contribution in [2.75, 3.05) is 17.2 Å². The smallest absolute Gasteiger partial charge is 0.326 e. The molecule has 2 amide bonds. The Morgan fingerprint density at radius 1 is 1.00 bits per heavy atom. The molecule has 0 bridgehead atoms. The van der Waals surface area contributed by atoms with Gasteiger partial charge in [-0.2, -0.15) is 8.42 Å². The molecule has 0 fully saturated rings. The van der Waals surface area contributed by atoms with E-state index in [1.807, 2.05) is 30.3 Å². The number of carbonyl (C=O) groups is 2. The molecule has 8 nitrogen and oxygen atoms in total. The summed E-state index contributed by atoms with van der Waals surface area (Å²) < 4.78 is 29.6. The predicted molar refractivity (Wildman–Crippen MR) is 116 cm³/mol. The normalized spacial score (nSPS) is 15.1. The summed E-state index contributed by atoms with van der Waals surface area (Å²) in [5.41, 5.74) is 2.25. The molecule has 0 saturated carbocycles. The molecule has 0 radical (unpaired) electrons. The molecule has 0 aromatic heterocycles. The molecular formula is C21H22N4O4S. The maximum Gasteiger partial charge on any atom is 0.344 e. The minimum absolute atomic E-state index is 0.112. The lowest BCUT2D eigenvalue weighted by atomic mass is 10.1. The largest absolute Gasteiger partial charge is 0.344 e. The summed E-state index contributed by atoms with van der Waals surface area (Å²) in [5.74, 6) is -0.716. The number of benzene rings is 2. The van der Waals surface area contributed by atoms with E-state index in [1.54, 1.807) is 24.3 Å². The number of hydrogen-bond donors (Lipinski definition) is 2. The zero-order valence-corrected chi connectivity index (χ0v) is 17.4. The Hall–Kier alpha value is -3.46. The van der Waals surface area contributed by atoms with Crippen molar-refractivity contribution in [3.05, 3.63) is 71.9 Å². The number of nitrogens with zero attached hydrogens (tertiary/aromatic N) is 2. The van der Waals surface area contributed by atoms with Crippen LogP contribution in [0.4, 0.5) is 11.4 Å². The van der Waals surface area contributed by atoms with Gasteiger partial charge in [0.25, 0.3) is 5.91 Å². The van der Waals surface area contributed by atoms with Crippen LogP contribution >= 0.6 is 0 Å². The van der Waals surface area contributed by atoms with Crippen molar-refractivity contribution in [3.63, 3.8) is 0 Å². The Balaban J connectivity index is 1.77. The summed E-state index contributed by atoms with van der Waals surface area (Å²) in [5, 5.41) is 5.36. The van der Waals surface area contributed by atoms with Gasteiger partial charge in [-0.25, -0.2) is 0 Å². The van der Waals surface area contributed by atoms with E-state index in [9.17, 15) is 18.0 Å². The summed E-state index contributed by atoms with van der Waals surface area (Å²) in [6.45, 7) is 3.03. The molecule has 30 heavy (non-hydrogen) atoms. The second-order valence-corrected chi connectivity index (χ2v) is 8.31. The summed E-state index contributed by atoms with van der Waals surface area (Å²) in [6, 6.07) is 16.1. The highest BCUT2D eigenvalue weighted by Crippen LogP contribution is 2.20. The fourth-order valence-electron chi connectivity index (χ4n) is 2.94. The van der Waals surface area contributed by atoms with E-state index < -0.39 is 16.1 Å². The second-order valence-electron chi connectivity index (χ2n) is 6.76. The van der Waals surface area contributed by atoms with Crippen LogP contribution < -0.4 is 10.6 Å². The Morgan fingerprint density at radius 2 is 1.67 bits per heavy atom. The summed E-state index contributed by atoms with van der Waals surface area (Å²) in [6.07, 6.45) is 1.80. The number of hydrogen-bond acceptors (Lipinski definition) is 4. The highest BCUT2D eigenvalue weighted by atomic mass is 32.2. The van der Waals surface area contributed by atoms with Gasteiger partial charge in [0.2, 0.25) is 5.91 Å². The first-order valence-electron chi connectivity index (χ1n) is 9.28. The molecule has 3 rings (SSSR count). The van der Waals surface area contributed by atoms with E-state index >= 15 is 0 Å². The van der Waals surface area contributed by atoms with Gasteiger partial charge in [0.1, 0.15) is 0 Å². The molecule has 2 N–H and O–H groups in total. The first kappa shape index (κ1) is 21.3. The van der Waals surface area contributed by atoms with Crippen LogP contribution in [-0.4, -0.2) is 36.8 Å². The molecule has 0 aliphatic carbocycles. The van der Waals surface area contributed by atoms with E-state index in [2.05, 4.69) is 15.0 Å². The van der Waals surface area contributed by atoms with Gasteiger partial charge in [0.15, 0.2) is 0 Å². The summed E-state index contributed by atoms with van der Waals surface area (Å²) >= 11 is 0. The van der Waals surface area contributed by atoms with Crippen LogP contribution in [0.25, 0.3) is 0 Å². The van der Waals surface area contributed by atoms with Gasteiger partial charge in [-0.1, -0.05) is 36.4 Å². The Kier molecular flexibility index (Phi) is 6.31. The maximum atomic E-state index is 12.8. The highest BCUT2D eigenvalue weighted by molar-refractivity contribution is 7.88. The third-order valence-electron chi connectivity index (χ3n) is 4.36. The van der Waals surface area contributed by atoms with Crippen LogP contribution in [0, 0.1) is 0 Å². The Labute approximate surface area is 175 Å². The third-order valence-corrected chi connectivity index (χ3v) is 5.75. The first-order valence-corrected chi connectivity index (χ1v) is 10.7. The lowest BCUT2D eigenvalue weighted by Gasteiger charge is -2.23. The van der Waals surface area contributed by atoms with Crippen molar-refractivity contribution in [1.29, 1.82) is 0 Å². The van der Waals surface area contributed by atoms with Gasteiger partial charge >= 0.3 is 10.2 Å². The van der Waals surface area contributed by atoms with Crippen LogP contribution in [0.2, 0.25) is 0 Å². The molecule has 0 atom stereocenters. The third kappa shape index (κ3) is 5.32.